The van der Waals surface area contributed by atoms with Crippen LogP contribution in [0.1, 0.15) is 27.3 Å². The van der Waals surface area contributed by atoms with Gasteiger partial charge in [-0.1, -0.05) is 17.1 Å². The Labute approximate surface area is 137 Å². The molecule has 0 atom stereocenters. The standard InChI is InChI=1S/C17H12N4O3/c1-11-10-13(8-9-18-11)3-2-12-4-6-14(7-5-12)24-16-15(17(22)23)19-21-20-16/h4-10H,1H3,(H,22,23)(H,19,20,21). The molecule has 1 aromatic carbocycles. The van der Waals surface area contributed by atoms with Gasteiger partial charge in [-0.3, -0.25) is 4.98 Å². The predicted molar refractivity (Wildman–Crippen MR) is 84.8 cm³/mol. The third kappa shape index (κ3) is 3.56. The molecule has 0 aliphatic carbocycles. The van der Waals surface area contributed by atoms with Gasteiger partial charge >= 0.3 is 5.97 Å². The Morgan fingerprint density at radius 1 is 1.17 bits per heavy atom. The number of aromatic nitrogens is 4. The molecule has 7 heteroatoms. The Morgan fingerprint density at radius 2 is 1.92 bits per heavy atom. The molecule has 0 spiro atoms. The number of aromatic carboxylic acids is 1. The quantitative estimate of drug-likeness (QED) is 0.719. The Morgan fingerprint density at radius 3 is 2.62 bits per heavy atom. The van der Waals surface area contributed by atoms with Gasteiger partial charge in [0.15, 0.2) is 0 Å². The van der Waals surface area contributed by atoms with Crippen molar-refractivity contribution in [1.82, 2.24) is 20.4 Å². The van der Waals surface area contributed by atoms with Crippen molar-refractivity contribution in [3.63, 3.8) is 0 Å². The van der Waals surface area contributed by atoms with Crippen LogP contribution in [0.15, 0.2) is 42.6 Å². The van der Waals surface area contributed by atoms with Crippen molar-refractivity contribution in [1.29, 1.82) is 0 Å². The van der Waals surface area contributed by atoms with Gasteiger partial charge in [0.05, 0.1) is 0 Å². The molecule has 0 amide bonds. The topological polar surface area (TPSA) is 101 Å². The maximum absolute atomic E-state index is 10.9. The smallest absolute Gasteiger partial charge is 0.362 e. The van der Waals surface area contributed by atoms with Crippen molar-refractivity contribution >= 4 is 5.97 Å². The molecule has 0 unspecified atom stereocenters. The summed E-state index contributed by atoms with van der Waals surface area (Å²) in [5.74, 6) is 5.32. The molecule has 2 heterocycles. The van der Waals surface area contributed by atoms with E-state index in [4.69, 9.17) is 9.84 Å². The van der Waals surface area contributed by atoms with Crippen molar-refractivity contribution in [2.45, 2.75) is 6.92 Å². The summed E-state index contributed by atoms with van der Waals surface area (Å²) in [4.78, 5) is 15.1. The molecule has 7 nitrogen and oxygen atoms in total. The van der Waals surface area contributed by atoms with Crippen LogP contribution < -0.4 is 4.74 Å². The third-order valence-corrected chi connectivity index (χ3v) is 3.04. The molecule has 0 bridgehead atoms. The molecular formula is C17H12N4O3. The number of carbonyl (C=O) groups is 1. The summed E-state index contributed by atoms with van der Waals surface area (Å²) in [5.41, 5.74) is 2.33. The fraction of sp³-hybridized carbons (Fsp3) is 0.0588. The highest BCUT2D eigenvalue weighted by Gasteiger charge is 2.16. The van der Waals surface area contributed by atoms with E-state index in [-0.39, 0.29) is 11.6 Å². The number of rotatable bonds is 3. The second-order valence-electron chi connectivity index (χ2n) is 4.86. The van der Waals surface area contributed by atoms with Crippen LogP contribution in [0, 0.1) is 18.8 Å². The monoisotopic (exact) mass is 320 g/mol. The van der Waals surface area contributed by atoms with Crippen LogP contribution in [-0.4, -0.2) is 31.5 Å². The van der Waals surface area contributed by atoms with Gasteiger partial charge < -0.3 is 9.84 Å². The minimum absolute atomic E-state index is 0.0198. The highest BCUT2D eigenvalue weighted by atomic mass is 16.5. The zero-order valence-corrected chi connectivity index (χ0v) is 12.6. The van der Waals surface area contributed by atoms with Gasteiger partial charge in [-0.15, -0.1) is 5.10 Å². The normalized spacial score (nSPS) is 9.88. The zero-order chi connectivity index (χ0) is 16.9. The predicted octanol–water partition coefficient (Wildman–Crippen LogP) is 2.40. The van der Waals surface area contributed by atoms with Crippen LogP contribution in [0.4, 0.5) is 0 Å². The summed E-state index contributed by atoms with van der Waals surface area (Å²) in [6, 6.07) is 10.7. The van der Waals surface area contributed by atoms with Crippen LogP contribution >= 0.6 is 0 Å². The number of carboxylic acid groups (broad SMARTS) is 1. The van der Waals surface area contributed by atoms with E-state index in [1.807, 2.05) is 19.1 Å². The number of nitrogens with zero attached hydrogens (tertiary/aromatic N) is 3. The van der Waals surface area contributed by atoms with E-state index < -0.39 is 5.97 Å². The maximum atomic E-state index is 10.9. The lowest BCUT2D eigenvalue weighted by molar-refractivity contribution is 0.0687. The average molecular weight is 320 g/mol. The second-order valence-corrected chi connectivity index (χ2v) is 4.86. The molecule has 0 saturated carbocycles. The van der Waals surface area contributed by atoms with Gasteiger partial charge in [0.1, 0.15) is 5.75 Å². The number of ether oxygens (including phenoxy) is 1. The summed E-state index contributed by atoms with van der Waals surface area (Å²) in [5, 5.41) is 18.2. The van der Waals surface area contributed by atoms with Crippen LogP contribution in [0.3, 0.4) is 0 Å². The Kier molecular flexibility index (Phi) is 4.21. The van der Waals surface area contributed by atoms with Crippen LogP contribution in [0.5, 0.6) is 11.6 Å². The number of benzene rings is 1. The molecule has 3 aromatic rings. The average Bonchev–Trinajstić information content (AvgIpc) is 3.03. The van der Waals surface area contributed by atoms with Gasteiger partial charge in [0.2, 0.25) is 5.69 Å². The first kappa shape index (κ1) is 15.2. The molecule has 2 aromatic heterocycles. The van der Waals surface area contributed by atoms with Crippen LogP contribution in [-0.2, 0) is 0 Å². The first-order chi connectivity index (χ1) is 11.6. The number of H-pyrrole nitrogens is 1. The minimum atomic E-state index is -1.21. The summed E-state index contributed by atoms with van der Waals surface area (Å²) in [6.07, 6.45) is 1.72. The Bertz CT molecular complexity index is 936. The van der Waals surface area contributed by atoms with Gasteiger partial charge in [-0.2, -0.15) is 0 Å². The summed E-state index contributed by atoms with van der Waals surface area (Å²) < 4.78 is 5.43. The van der Waals surface area contributed by atoms with Crippen molar-refractivity contribution in [2.24, 2.45) is 0 Å². The van der Waals surface area contributed by atoms with Crippen molar-refractivity contribution in [3.05, 3.63) is 65.1 Å². The zero-order valence-electron chi connectivity index (χ0n) is 12.6. The van der Waals surface area contributed by atoms with Gasteiger partial charge in [0.25, 0.3) is 5.88 Å². The molecule has 2 N–H and O–H groups in total. The van der Waals surface area contributed by atoms with E-state index in [1.54, 1.807) is 30.5 Å². The van der Waals surface area contributed by atoms with Gasteiger partial charge in [0, 0.05) is 23.0 Å². The van der Waals surface area contributed by atoms with Crippen molar-refractivity contribution in [2.75, 3.05) is 0 Å². The maximum Gasteiger partial charge on any atom is 0.362 e. The Balaban J connectivity index is 1.74. The molecular weight excluding hydrogens is 308 g/mol. The molecule has 0 saturated heterocycles. The molecule has 3 rings (SSSR count). The first-order valence-corrected chi connectivity index (χ1v) is 6.99. The number of aryl methyl sites for hydroxylation is 1. The number of hydrogen-bond acceptors (Lipinski definition) is 5. The number of nitrogens with one attached hydrogen (secondary N) is 1. The Hall–Kier alpha value is -3.66. The fourth-order valence-corrected chi connectivity index (χ4v) is 1.92. The molecule has 0 radical (unpaired) electrons. The summed E-state index contributed by atoms with van der Waals surface area (Å²) in [7, 11) is 0. The largest absolute Gasteiger partial charge is 0.476 e. The number of pyridine rings is 1. The second kappa shape index (κ2) is 6.62. The first-order valence-electron chi connectivity index (χ1n) is 6.99. The lowest BCUT2D eigenvalue weighted by atomic mass is 10.2. The number of carboxylic acids is 1. The highest BCUT2D eigenvalue weighted by Crippen LogP contribution is 2.21. The van der Waals surface area contributed by atoms with E-state index >= 15 is 0 Å². The van der Waals surface area contributed by atoms with Gasteiger partial charge in [-0.25, -0.2) is 9.89 Å². The van der Waals surface area contributed by atoms with Gasteiger partial charge in [-0.05, 0) is 43.3 Å². The van der Waals surface area contributed by atoms with Crippen LogP contribution in [0.25, 0.3) is 0 Å². The molecule has 0 fully saturated rings. The third-order valence-electron chi connectivity index (χ3n) is 3.04. The van der Waals surface area contributed by atoms with E-state index in [9.17, 15) is 4.79 Å². The van der Waals surface area contributed by atoms with Crippen molar-refractivity contribution in [3.8, 4) is 23.5 Å². The summed E-state index contributed by atoms with van der Waals surface area (Å²) in [6.45, 7) is 1.91. The van der Waals surface area contributed by atoms with E-state index in [0.717, 1.165) is 16.8 Å². The fourth-order valence-electron chi connectivity index (χ4n) is 1.92. The summed E-state index contributed by atoms with van der Waals surface area (Å²) >= 11 is 0. The minimum Gasteiger partial charge on any atom is -0.476 e. The number of aromatic amines is 1. The van der Waals surface area contributed by atoms with Crippen molar-refractivity contribution < 1.29 is 14.6 Å². The molecule has 0 aliphatic heterocycles. The number of hydrogen-bond donors (Lipinski definition) is 2. The SMILES string of the molecule is Cc1cc(C#Cc2ccc(Oc3[nH]nnc3C(=O)O)cc2)ccn1. The van der Waals surface area contributed by atoms with E-state index in [1.165, 1.54) is 0 Å². The highest BCUT2D eigenvalue weighted by molar-refractivity contribution is 5.87. The van der Waals surface area contributed by atoms with Crippen LogP contribution in [0.2, 0.25) is 0 Å². The lowest BCUT2D eigenvalue weighted by Crippen LogP contribution is -1.99. The van der Waals surface area contributed by atoms with E-state index in [2.05, 4.69) is 32.2 Å². The van der Waals surface area contributed by atoms with E-state index in [0.29, 0.717) is 5.75 Å². The molecule has 0 aliphatic rings. The molecule has 118 valence electrons. The lowest BCUT2D eigenvalue weighted by Gasteiger charge is -2.02. The molecule has 24 heavy (non-hydrogen) atoms.